The Kier molecular flexibility index (Phi) is 3.28. The maximum Gasteiger partial charge on any atom is 0.256 e. The molecule has 4 heteroatoms. The van der Waals surface area contributed by atoms with E-state index in [1.54, 1.807) is 25.2 Å². The van der Waals surface area contributed by atoms with Gasteiger partial charge >= 0.3 is 0 Å². The van der Waals surface area contributed by atoms with Crippen molar-refractivity contribution < 1.29 is 4.79 Å². The van der Waals surface area contributed by atoms with Crippen molar-refractivity contribution in [1.82, 2.24) is 10.3 Å². The summed E-state index contributed by atoms with van der Waals surface area (Å²) in [5.74, 6) is -0.205. The van der Waals surface area contributed by atoms with Crippen LogP contribution in [0.25, 0.3) is 22.0 Å². The summed E-state index contributed by atoms with van der Waals surface area (Å²) in [5, 5.41) is 3.87. The first-order chi connectivity index (χ1) is 10.2. The number of benzene rings is 2. The first-order valence-corrected chi connectivity index (χ1v) is 6.63. The lowest BCUT2D eigenvalue weighted by Crippen LogP contribution is -2.18. The van der Waals surface area contributed by atoms with Crippen molar-refractivity contribution in [3.05, 3.63) is 70.5 Å². The van der Waals surface area contributed by atoms with Gasteiger partial charge in [0.05, 0.1) is 0 Å². The summed E-state index contributed by atoms with van der Waals surface area (Å²) in [6.07, 6.45) is 0. The number of aromatic nitrogens is 1. The Labute approximate surface area is 121 Å². The second-order valence-corrected chi connectivity index (χ2v) is 4.76. The summed E-state index contributed by atoms with van der Waals surface area (Å²) in [5.41, 5.74) is 1.99. The van der Waals surface area contributed by atoms with Crippen LogP contribution in [0.2, 0.25) is 0 Å². The standard InChI is InChI=1S/C17H14N2O2/c1-18-16(20)13-8-7-12-10-15(11-5-3-2-4-6-11)19-17(21)14(12)9-13/h2-10H,1H3,(H,18,20)(H,19,21). The lowest BCUT2D eigenvalue weighted by molar-refractivity contribution is 0.0963. The third-order valence-electron chi connectivity index (χ3n) is 3.42. The number of fused-ring (bicyclic) bond motifs is 1. The highest BCUT2D eigenvalue weighted by Gasteiger charge is 2.08. The molecule has 2 N–H and O–H groups in total. The first-order valence-electron chi connectivity index (χ1n) is 6.63. The molecule has 3 aromatic rings. The Morgan fingerprint density at radius 3 is 2.52 bits per heavy atom. The van der Waals surface area contributed by atoms with Crippen LogP contribution in [-0.2, 0) is 0 Å². The van der Waals surface area contributed by atoms with Crippen molar-refractivity contribution in [1.29, 1.82) is 0 Å². The average molecular weight is 278 g/mol. The van der Waals surface area contributed by atoms with E-state index < -0.39 is 0 Å². The lowest BCUT2D eigenvalue weighted by Gasteiger charge is -2.06. The minimum atomic E-state index is -0.205. The zero-order valence-electron chi connectivity index (χ0n) is 11.5. The van der Waals surface area contributed by atoms with Gasteiger partial charge in [0.2, 0.25) is 0 Å². The van der Waals surface area contributed by atoms with Crippen LogP contribution in [-0.4, -0.2) is 17.9 Å². The largest absolute Gasteiger partial charge is 0.355 e. The van der Waals surface area contributed by atoms with Crippen LogP contribution in [0.15, 0.2) is 59.4 Å². The van der Waals surface area contributed by atoms with E-state index in [0.29, 0.717) is 10.9 Å². The number of carbonyl (C=O) groups is 1. The molecule has 104 valence electrons. The molecule has 4 nitrogen and oxygen atoms in total. The summed E-state index contributed by atoms with van der Waals surface area (Å²) in [4.78, 5) is 26.7. The van der Waals surface area contributed by atoms with Crippen molar-refractivity contribution in [3.8, 4) is 11.3 Å². The van der Waals surface area contributed by atoms with Crippen LogP contribution < -0.4 is 10.9 Å². The van der Waals surface area contributed by atoms with Crippen molar-refractivity contribution in [2.45, 2.75) is 0 Å². The number of pyridine rings is 1. The number of hydrogen-bond acceptors (Lipinski definition) is 2. The Morgan fingerprint density at radius 1 is 1.05 bits per heavy atom. The molecule has 1 amide bonds. The van der Waals surface area contributed by atoms with Crippen molar-refractivity contribution in [2.75, 3.05) is 7.05 Å². The highest BCUT2D eigenvalue weighted by molar-refractivity contribution is 5.98. The maximum atomic E-state index is 12.2. The van der Waals surface area contributed by atoms with Crippen LogP contribution in [0.5, 0.6) is 0 Å². The summed E-state index contributed by atoms with van der Waals surface area (Å²) in [6, 6.07) is 16.7. The monoisotopic (exact) mass is 278 g/mol. The fourth-order valence-electron chi connectivity index (χ4n) is 2.32. The highest BCUT2D eigenvalue weighted by Crippen LogP contribution is 2.20. The van der Waals surface area contributed by atoms with E-state index >= 15 is 0 Å². The maximum absolute atomic E-state index is 12.2. The Morgan fingerprint density at radius 2 is 1.81 bits per heavy atom. The van der Waals surface area contributed by atoms with Gasteiger partial charge in [-0.1, -0.05) is 36.4 Å². The number of nitrogens with one attached hydrogen (secondary N) is 2. The Balaban J connectivity index is 2.18. The number of hydrogen-bond donors (Lipinski definition) is 2. The van der Waals surface area contributed by atoms with Gasteiger partial charge in [-0.05, 0) is 29.1 Å². The van der Waals surface area contributed by atoms with Gasteiger partial charge in [-0.15, -0.1) is 0 Å². The van der Waals surface area contributed by atoms with E-state index in [9.17, 15) is 9.59 Å². The molecule has 0 aliphatic carbocycles. The van der Waals surface area contributed by atoms with Crippen molar-refractivity contribution in [3.63, 3.8) is 0 Å². The number of aromatic amines is 1. The van der Waals surface area contributed by atoms with Crippen LogP contribution in [0, 0.1) is 0 Å². The molecule has 3 rings (SSSR count). The van der Waals surface area contributed by atoms with Crippen LogP contribution >= 0.6 is 0 Å². The summed E-state index contributed by atoms with van der Waals surface area (Å²) in [6.45, 7) is 0. The molecule has 0 spiro atoms. The molecule has 0 unspecified atom stereocenters. The normalized spacial score (nSPS) is 10.5. The van der Waals surface area contributed by atoms with E-state index in [4.69, 9.17) is 0 Å². The summed E-state index contributed by atoms with van der Waals surface area (Å²) < 4.78 is 0. The van der Waals surface area contributed by atoms with Crippen molar-refractivity contribution in [2.24, 2.45) is 0 Å². The van der Waals surface area contributed by atoms with Crippen LogP contribution in [0.4, 0.5) is 0 Å². The molecule has 1 heterocycles. The summed E-state index contributed by atoms with van der Waals surface area (Å²) in [7, 11) is 1.56. The van der Waals surface area contributed by atoms with Gasteiger partial charge in [0.25, 0.3) is 11.5 Å². The molecule has 0 atom stereocenters. The van der Waals surface area contributed by atoms with Crippen LogP contribution in [0.3, 0.4) is 0 Å². The lowest BCUT2D eigenvalue weighted by atomic mass is 10.0. The van der Waals surface area contributed by atoms with Gasteiger partial charge in [-0.2, -0.15) is 0 Å². The highest BCUT2D eigenvalue weighted by atomic mass is 16.1. The van der Waals surface area contributed by atoms with Crippen molar-refractivity contribution >= 4 is 16.7 Å². The predicted molar refractivity (Wildman–Crippen MR) is 83.4 cm³/mol. The zero-order chi connectivity index (χ0) is 14.8. The molecule has 0 aliphatic heterocycles. The first kappa shape index (κ1) is 13.1. The Hall–Kier alpha value is -2.88. The van der Waals surface area contributed by atoms with E-state index in [1.165, 1.54) is 0 Å². The minimum Gasteiger partial charge on any atom is -0.355 e. The second kappa shape index (κ2) is 5.25. The molecule has 0 radical (unpaired) electrons. The molecular weight excluding hydrogens is 264 g/mol. The SMILES string of the molecule is CNC(=O)c1ccc2cc(-c3ccccc3)[nH]c(=O)c2c1. The molecule has 0 saturated carbocycles. The minimum absolute atomic E-state index is 0.197. The molecule has 0 saturated heterocycles. The summed E-state index contributed by atoms with van der Waals surface area (Å²) >= 11 is 0. The molecule has 1 aromatic heterocycles. The molecule has 0 fully saturated rings. The molecule has 2 aromatic carbocycles. The van der Waals surface area contributed by atoms with Crippen LogP contribution in [0.1, 0.15) is 10.4 Å². The van der Waals surface area contributed by atoms with Gasteiger partial charge < -0.3 is 10.3 Å². The molecule has 0 aliphatic rings. The fraction of sp³-hybridized carbons (Fsp3) is 0.0588. The fourth-order valence-corrected chi connectivity index (χ4v) is 2.32. The number of rotatable bonds is 2. The van der Waals surface area contributed by atoms with Gasteiger partial charge in [0.1, 0.15) is 0 Å². The smallest absolute Gasteiger partial charge is 0.256 e. The quantitative estimate of drug-likeness (QED) is 0.756. The number of carbonyl (C=O) groups excluding carboxylic acids is 1. The second-order valence-electron chi connectivity index (χ2n) is 4.76. The zero-order valence-corrected chi connectivity index (χ0v) is 11.5. The predicted octanol–water partition coefficient (Wildman–Crippen LogP) is 2.55. The number of H-pyrrole nitrogens is 1. The van der Waals surface area contributed by atoms with E-state index in [2.05, 4.69) is 10.3 Å². The molecule has 0 bridgehead atoms. The van der Waals surface area contributed by atoms with Gasteiger partial charge in [-0.3, -0.25) is 9.59 Å². The van der Waals surface area contributed by atoms with Gasteiger partial charge in [-0.25, -0.2) is 0 Å². The van der Waals surface area contributed by atoms with E-state index in [-0.39, 0.29) is 11.5 Å². The van der Waals surface area contributed by atoms with Gasteiger partial charge in [0, 0.05) is 23.7 Å². The number of amides is 1. The van der Waals surface area contributed by atoms with E-state index in [1.807, 2.05) is 36.4 Å². The molecular formula is C17H14N2O2. The van der Waals surface area contributed by atoms with Gasteiger partial charge in [0.15, 0.2) is 0 Å². The topological polar surface area (TPSA) is 62.0 Å². The average Bonchev–Trinajstić information content (AvgIpc) is 2.54. The Bertz CT molecular complexity index is 867. The molecule has 21 heavy (non-hydrogen) atoms. The third kappa shape index (κ3) is 2.43. The third-order valence-corrected chi connectivity index (χ3v) is 3.42. The van der Waals surface area contributed by atoms with E-state index in [0.717, 1.165) is 16.6 Å².